The van der Waals surface area contributed by atoms with Crippen molar-refractivity contribution in [1.29, 1.82) is 0 Å². The lowest BCUT2D eigenvalue weighted by atomic mass is 10.2. The Kier molecular flexibility index (Phi) is 3.05. The lowest BCUT2D eigenvalue weighted by molar-refractivity contribution is 0.0697. The molecule has 0 aliphatic rings. The Labute approximate surface area is 97.2 Å². The molecular weight excluding hydrogens is 224 g/mol. The second kappa shape index (κ2) is 4.49. The van der Waals surface area contributed by atoms with Gasteiger partial charge in [-0.05, 0) is 12.5 Å². The van der Waals surface area contributed by atoms with Gasteiger partial charge in [0.05, 0.1) is 11.8 Å². The summed E-state index contributed by atoms with van der Waals surface area (Å²) in [4.78, 5) is 11.7. The van der Waals surface area contributed by atoms with E-state index in [1.807, 2.05) is 10.9 Å². The van der Waals surface area contributed by atoms with E-state index < -0.39 is 5.97 Å². The van der Waals surface area contributed by atoms with E-state index in [-0.39, 0.29) is 0 Å². The average Bonchev–Trinajstić information content (AvgIpc) is 2.84. The molecule has 0 radical (unpaired) electrons. The van der Waals surface area contributed by atoms with Crippen LogP contribution in [0.25, 0.3) is 10.4 Å². The van der Waals surface area contributed by atoms with Gasteiger partial charge in [-0.2, -0.15) is 5.10 Å². The molecule has 2 heterocycles. The van der Waals surface area contributed by atoms with E-state index in [9.17, 15) is 4.79 Å². The first-order chi connectivity index (χ1) is 7.70. The largest absolute Gasteiger partial charge is 0.478 e. The van der Waals surface area contributed by atoms with E-state index in [0.29, 0.717) is 5.56 Å². The number of aromatic nitrogens is 2. The molecule has 0 aromatic carbocycles. The van der Waals surface area contributed by atoms with E-state index >= 15 is 0 Å². The molecule has 0 fully saturated rings. The summed E-state index contributed by atoms with van der Waals surface area (Å²) in [7, 11) is 0. The number of aromatic carboxylic acids is 1. The zero-order chi connectivity index (χ0) is 11.5. The molecule has 0 saturated carbocycles. The molecule has 0 saturated heterocycles. The van der Waals surface area contributed by atoms with Gasteiger partial charge in [-0.1, -0.05) is 6.92 Å². The van der Waals surface area contributed by atoms with Crippen LogP contribution >= 0.6 is 11.3 Å². The van der Waals surface area contributed by atoms with Crippen molar-refractivity contribution in [3.63, 3.8) is 0 Å². The normalized spacial score (nSPS) is 10.6. The van der Waals surface area contributed by atoms with E-state index in [0.717, 1.165) is 23.4 Å². The molecule has 0 atom stereocenters. The third-order valence-electron chi connectivity index (χ3n) is 2.22. The second-order valence-electron chi connectivity index (χ2n) is 3.50. The molecule has 2 aromatic heterocycles. The molecule has 0 bridgehead atoms. The van der Waals surface area contributed by atoms with Gasteiger partial charge in [0.2, 0.25) is 0 Å². The standard InChI is InChI=1S/C11H12N2O2S/c1-2-3-13-6-9(5-12-13)10-4-8(7-16-10)11(14)15/h4-7H,2-3H2,1H3,(H,14,15). The number of aryl methyl sites for hydroxylation is 1. The van der Waals surface area contributed by atoms with Crippen LogP contribution < -0.4 is 0 Å². The minimum Gasteiger partial charge on any atom is -0.478 e. The third-order valence-corrected chi connectivity index (χ3v) is 3.20. The van der Waals surface area contributed by atoms with Crippen LogP contribution in [0.15, 0.2) is 23.8 Å². The SMILES string of the molecule is CCCn1cc(-c2cc(C(=O)O)cs2)cn1. The second-order valence-corrected chi connectivity index (χ2v) is 4.41. The fourth-order valence-electron chi connectivity index (χ4n) is 1.44. The van der Waals surface area contributed by atoms with E-state index in [1.165, 1.54) is 11.3 Å². The molecule has 0 amide bonds. The zero-order valence-corrected chi connectivity index (χ0v) is 9.70. The van der Waals surface area contributed by atoms with Crippen molar-refractivity contribution in [2.45, 2.75) is 19.9 Å². The summed E-state index contributed by atoms with van der Waals surface area (Å²) in [6.45, 7) is 2.98. The van der Waals surface area contributed by atoms with Crippen LogP contribution in [0.4, 0.5) is 0 Å². The molecule has 84 valence electrons. The van der Waals surface area contributed by atoms with E-state index in [4.69, 9.17) is 5.11 Å². The molecule has 0 spiro atoms. The number of hydrogen-bond acceptors (Lipinski definition) is 3. The van der Waals surface area contributed by atoms with Gasteiger partial charge >= 0.3 is 5.97 Å². The maximum Gasteiger partial charge on any atom is 0.336 e. The molecule has 5 heteroatoms. The number of carbonyl (C=O) groups is 1. The predicted molar refractivity (Wildman–Crippen MR) is 62.8 cm³/mol. The molecule has 2 aromatic rings. The first-order valence-electron chi connectivity index (χ1n) is 5.05. The van der Waals surface area contributed by atoms with Crippen molar-refractivity contribution in [1.82, 2.24) is 9.78 Å². The number of thiophene rings is 1. The maximum absolute atomic E-state index is 10.7. The highest BCUT2D eigenvalue weighted by molar-refractivity contribution is 7.13. The highest BCUT2D eigenvalue weighted by Crippen LogP contribution is 2.26. The Hall–Kier alpha value is -1.62. The maximum atomic E-state index is 10.7. The van der Waals surface area contributed by atoms with E-state index in [2.05, 4.69) is 12.0 Å². The minimum atomic E-state index is -0.886. The summed E-state index contributed by atoms with van der Waals surface area (Å²) in [6.07, 6.45) is 4.75. The van der Waals surface area contributed by atoms with Crippen LogP contribution in [0, 0.1) is 0 Å². The number of carboxylic acids is 1. The Bertz CT molecular complexity index is 502. The van der Waals surface area contributed by atoms with Gasteiger partial charge in [-0.3, -0.25) is 4.68 Å². The monoisotopic (exact) mass is 236 g/mol. The van der Waals surface area contributed by atoms with Crippen LogP contribution in [0.1, 0.15) is 23.7 Å². The van der Waals surface area contributed by atoms with Crippen molar-refractivity contribution in [2.24, 2.45) is 0 Å². The highest BCUT2D eigenvalue weighted by Gasteiger charge is 2.09. The highest BCUT2D eigenvalue weighted by atomic mass is 32.1. The Balaban J connectivity index is 2.24. The summed E-state index contributed by atoms with van der Waals surface area (Å²) in [6, 6.07) is 1.68. The van der Waals surface area contributed by atoms with Crippen molar-refractivity contribution >= 4 is 17.3 Å². The number of nitrogens with zero attached hydrogens (tertiary/aromatic N) is 2. The van der Waals surface area contributed by atoms with Gasteiger partial charge in [0.1, 0.15) is 0 Å². The summed E-state index contributed by atoms with van der Waals surface area (Å²) < 4.78 is 1.87. The first kappa shape index (κ1) is 10.9. The van der Waals surface area contributed by atoms with Crippen LogP contribution in [0.5, 0.6) is 0 Å². The van der Waals surface area contributed by atoms with Gasteiger partial charge in [-0.25, -0.2) is 4.79 Å². The lowest BCUT2D eigenvalue weighted by Gasteiger charge is -1.94. The smallest absolute Gasteiger partial charge is 0.336 e. The van der Waals surface area contributed by atoms with Gasteiger partial charge in [0, 0.05) is 28.6 Å². The summed E-state index contributed by atoms with van der Waals surface area (Å²) >= 11 is 1.43. The van der Waals surface area contributed by atoms with Crippen molar-refractivity contribution < 1.29 is 9.90 Å². The molecule has 0 aliphatic carbocycles. The van der Waals surface area contributed by atoms with Crippen LogP contribution in [-0.4, -0.2) is 20.9 Å². The number of carboxylic acid groups (broad SMARTS) is 1. The van der Waals surface area contributed by atoms with Crippen molar-refractivity contribution in [3.8, 4) is 10.4 Å². The summed E-state index contributed by atoms with van der Waals surface area (Å²) in [5, 5.41) is 14.7. The Morgan fingerprint density at radius 2 is 2.44 bits per heavy atom. The average molecular weight is 236 g/mol. The minimum absolute atomic E-state index is 0.336. The molecule has 0 aliphatic heterocycles. The first-order valence-corrected chi connectivity index (χ1v) is 5.93. The molecule has 4 nitrogen and oxygen atoms in total. The fourth-order valence-corrected chi connectivity index (χ4v) is 2.30. The molecule has 2 rings (SSSR count). The molecule has 1 N–H and O–H groups in total. The van der Waals surface area contributed by atoms with Gasteiger partial charge < -0.3 is 5.11 Å². The zero-order valence-electron chi connectivity index (χ0n) is 8.88. The molecular formula is C11H12N2O2S. The van der Waals surface area contributed by atoms with Gasteiger partial charge in [-0.15, -0.1) is 11.3 Å². The quantitative estimate of drug-likeness (QED) is 0.888. The molecule has 0 unspecified atom stereocenters. The number of rotatable bonds is 4. The number of hydrogen-bond donors (Lipinski definition) is 1. The Morgan fingerprint density at radius 3 is 3.06 bits per heavy atom. The summed E-state index contributed by atoms with van der Waals surface area (Å²) in [5.41, 5.74) is 1.31. The van der Waals surface area contributed by atoms with Gasteiger partial charge in [0.25, 0.3) is 0 Å². The van der Waals surface area contributed by atoms with Crippen molar-refractivity contribution in [2.75, 3.05) is 0 Å². The Morgan fingerprint density at radius 1 is 1.62 bits per heavy atom. The van der Waals surface area contributed by atoms with Crippen LogP contribution in [0.3, 0.4) is 0 Å². The third kappa shape index (κ3) is 2.14. The topological polar surface area (TPSA) is 55.1 Å². The van der Waals surface area contributed by atoms with Crippen LogP contribution in [0.2, 0.25) is 0 Å². The fraction of sp³-hybridized carbons (Fsp3) is 0.273. The predicted octanol–water partition coefficient (Wildman–Crippen LogP) is 2.72. The van der Waals surface area contributed by atoms with Crippen LogP contribution in [-0.2, 0) is 6.54 Å². The van der Waals surface area contributed by atoms with Gasteiger partial charge in [0.15, 0.2) is 0 Å². The summed E-state index contributed by atoms with van der Waals surface area (Å²) in [5.74, 6) is -0.886. The molecule has 16 heavy (non-hydrogen) atoms. The van der Waals surface area contributed by atoms with Crippen molar-refractivity contribution in [3.05, 3.63) is 29.4 Å². The van der Waals surface area contributed by atoms with E-state index in [1.54, 1.807) is 17.6 Å². The lowest BCUT2D eigenvalue weighted by Crippen LogP contribution is -1.95.